The number of halogens is 1. The SMILES string of the molecule is CCCCC(C)(F)C(=O)Oc1ccc(-c2ccccc2-c2ncc(CCC)cn2)cc1. The molecule has 0 spiro atoms. The highest BCUT2D eigenvalue weighted by atomic mass is 19.1. The molecule has 0 aliphatic carbocycles. The van der Waals surface area contributed by atoms with Crippen LogP contribution in [0.4, 0.5) is 4.39 Å². The van der Waals surface area contributed by atoms with E-state index in [0.717, 1.165) is 41.5 Å². The van der Waals surface area contributed by atoms with Crippen molar-refractivity contribution in [1.29, 1.82) is 0 Å². The Bertz CT molecular complexity index is 999. The van der Waals surface area contributed by atoms with Crippen LogP contribution in [0.3, 0.4) is 0 Å². The van der Waals surface area contributed by atoms with Crippen molar-refractivity contribution >= 4 is 5.97 Å². The van der Waals surface area contributed by atoms with Crippen molar-refractivity contribution in [3.05, 3.63) is 66.5 Å². The third-order valence-electron chi connectivity index (χ3n) is 5.21. The number of aromatic nitrogens is 2. The molecule has 0 aliphatic rings. The average molecular weight is 421 g/mol. The standard InChI is InChI=1S/C26H29FN2O2/c1-4-6-16-26(3,27)25(30)31-21-14-12-20(13-15-21)22-10-7-8-11-23(22)24-28-17-19(9-5-2)18-29-24/h7-8,10-15,17-18H,4-6,9,16H2,1-3H3. The van der Waals surface area contributed by atoms with E-state index in [-0.39, 0.29) is 6.42 Å². The van der Waals surface area contributed by atoms with Crippen LogP contribution in [0.25, 0.3) is 22.5 Å². The third-order valence-corrected chi connectivity index (χ3v) is 5.21. The predicted molar refractivity (Wildman–Crippen MR) is 122 cm³/mol. The highest BCUT2D eigenvalue weighted by Gasteiger charge is 2.34. The smallest absolute Gasteiger partial charge is 0.348 e. The highest BCUT2D eigenvalue weighted by molar-refractivity contribution is 5.82. The summed E-state index contributed by atoms with van der Waals surface area (Å²) in [5, 5.41) is 0. The van der Waals surface area contributed by atoms with Crippen LogP contribution in [-0.4, -0.2) is 21.6 Å². The van der Waals surface area contributed by atoms with E-state index in [0.29, 0.717) is 18.0 Å². The van der Waals surface area contributed by atoms with Gasteiger partial charge in [-0.25, -0.2) is 19.2 Å². The lowest BCUT2D eigenvalue weighted by atomic mass is 9.99. The number of benzene rings is 2. The van der Waals surface area contributed by atoms with Crippen LogP contribution in [0.1, 0.15) is 52.0 Å². The van der Waals surface area contributed by atoms with Gasteiger partial charge < -0.3 is 4.74 Å². The monoisotopic (exact) mass is 420 g/mol. The molecule has 0 amide bonds. The quantitative estimate of drug-likeness (QED) is 0.289. The molecule has 2 aromatic carbocycles. The molecule has 1 heterocycles. The lowest BCUT2D eigenvalue weighted by Crippen LogP contribution is -2.34. The Morgan fingerprint density at radius 2 is 1.61 bits per heavy atom. The molecule has 1 unspecified atom stereocenters. The zero-order valence-corrected chi connectivity index (χ0v) is 18.4. The van der Waals surface area contributed by atoms with E-state index >= 15 is 0 Å². The molecule has 0 saturated carbocycles. The second-order valence-corrected chi connectivity index (χ2v) is 7.93. The van der Waals surface area contributed by atoms with E-state index in [9.17, 15) is 9.18 Å². The van der Waals surface area contributed by atoms with Gasteiger partial charge in [-0.3, -0.25) is 0 Å². The summed E-state index contributed by atoms with van der Waals surface area (Å²) in [6, 6.07) is 15.0. The van der Waals surface area contributed by atoms with Crippen LogP contribution < -0.4 is 4.74 Å². The largest absolute Gasteiger partial charge is 0.424 e. The number of alkyl halides is 1. The summed E-state index contributed by atoms with van der Waals surface area (Å²) in [6.07, 6.45) is 7.38. The van der Waals surface area contributed by atoms with Crippen LogP contribution >= 0.6 is 0 Å². The summed E-state index contributed by atoms with van der Waals surface area (Å²) < 4.78 is 19.8. The Hall–Kier alpha value is -3.08. The van der Waals surface area contributed by atoms with E-state index in [1.165, 1.54) is 6.92 Å². The van der Waals surface area contributed by atoms with Gasteiger partial charge in [0.1, 0.15) is 5.75 Å². The summed E-state index contributed by atoms with van der Waals surface area (Å²) in [7, 11) is 0. The number of carbonyl (C=O) groups excluding carboxylic acids is 1. The van der Waals surface area contributed by atoms with Gasteiger partial charge in [0.05, 0.1) is 0 Å². The Morgan fingerprint density at radius 3 is 2.23 bits per heavy atom. The molecule has 3 aromatic rings. The number of unbranched alkanes of at least 4 members (excludes halogenated alkanes) is 1. The van der Waals surface area contributed by atoms with Gasteiger partial charge in [-0.2, -0.15) is 0 Å². The molecular formula is C26H29FN2O2. The fraction of sp³-hybridized carbons (Fsp3) is 0.346. The third kappa shape index (κ3) is 5.75. The lowest BCUT2D eigenvalue weighted by Gasteiger charge is -2.18. The average Bonchev–Trinajstić information content (AvgIpc) is 2.79. The second-order valence-electron chi connectivity index (χ2n) is 7.93. The normalized spacial score (nSPS) is 12.9. The number of ether oxygens (including phenoxy) is 1. The maximum Gasteiger partial charge on any atom is 0.348 e. The topological polar surface area (TPSA) is 52.1 Å². The van der Waals surface area contributed by atoms with Crippen molar-refractivity contribution in [1.82, 2.24) is 9.97 Å². The second kappa shape index (κ2) is 10.3. The fourth-order valence-corrected chi connectivity index (χ4v) is 3.37. The highest BCUT2D eigenvalue weighted by Crippen LogP contribution is 2.31. The first-order valence-electron chi connectivity index (χ1n) is 10.9. The number of nitrogens with zero attached hydrogens (tertiary/aromatic N) is 2. The number of esters is 1. The summed E-state index contributed by atoms with van der Waals surface area (Å²) in [5.41, 5.74) is 1.97. The molecule has 5 heteroatoms. The molecule has 31 heavy (non-hydrogen) atoms. The van der Waals surface area contributed by atoms with Crippen molar-refractivity contribution in [3.8, 4) is 28.3 Å². The molecule has 0 bridgehead atoms. The van der Waals surface area contributed by atoms with Crippen LogP contribution in [0.2, 0.25) is 0 Å². The van der Waals surface area contributed by atoms with Crippen molar-refractivity contribution in [2.75, 3.05) is 0 Å². The zero-order valence-electron chi connectivity index (χ0n) is 18.4. The van der Waals surface area contributed by atoms with Gasteiger partial charge in [0, 0.05) is 18.0 Å². The number of hydrogen-bond donors (Lipinski definition) is 0. The minimum Gasteiger partial charge on any atom is -0.424 e. The van der Waals surface area contributed by atoms with Gasteiger partial charge in [0.15, 0.2) is 5.82 Å². The molecule has 0 N–H and O–H groups in total. The molecule has 3 rings (SSSR count). The summed E-state index contributed by atoms with van der Waals surface area (Å²) in [5.74, 6) is 0.136. The molecule has 1 aromatic heterocycles. The van der Waals surface area contributed by atoms with Gasteiger partial charge in [0.25, 0.3) is 0 Å². The van der Waals surface area contributed by atoms with Crippen molar-refractivity contribution in [2.45, 2.75) is 58.5 Å². The van der Waals surface area contributed by atoms with Crippen LogP contribution in [0, 0.1) is 0 Å². The maximum atomic E-state index is 14.5. The maximum absolute atomic E-state index is 14.5. The minimum atomic E-state index is -1.98. The molecular weight excluding hydrogens is 391 g/mol. The first-order chi connectivity index (χ1) is 14.9. The Labute approximate surface area is 183 Å². The van der Waals surface area contributed by atoms with E-state index in [4.69, 9.17) is 4.74 Å². The first kappa shape index (κ1) is 22.6. The van der Waals surface area contributed by atoms with Crippen LogP contribution in [-0.2, 0) is 11.2 Å². The molecule has 0 fully saturated rings. The summed E-state index contributed by atoms with van der Waals surface area (Å²) in [6.45, 7) is 5.37. The molecule has 4 nitrogen and oxygen atoms in total. The molecule has 0 aliphatic heterocycles. The van der Waals surface area contributed by atoms with E-state index < -0.39 is 11.6 Å². The number of hydrogen-bond acceptors (Lipinski definition) is 4. The van der Waals surface area contributed by atoms with E-state index in [1.54, 1.807) is 12.1 Å². The van der Waals surface area contributed by atoms with Gasteiger partial charge in [0.2, 0.25) is 5.67 Å². The van der Waals surface area contributed by atoms with Crippen LogP contribution in [0.5, 0.6) is 5.75 Å². The van der Waals surface area contributed by atoms with E-state index in [1.807, 2.05) is 55.7 Å². The number of carbonyl (C=O) groups is 1. The predicted octanol–water partition coefficient (Wildman–Crippen LogP) is 6.59. The number of aryl methyl sites for hydroxylation is 1. The van der Waals surface area contributed by atoms with Crippen molar-refractivity contribution in [3.63, 3.8) is 0 Å². The van der Waals surface area contributed by atoms with Crippen molar-refractivity contribution < 1.29 is 13.9 Å². The van der Waals surface area contributed by atoms with Crippen LogP contribution in [0.15, 0.2) is 60.9 Å². The Morgan fingerprint density at radius 1 is 0.968 bits per heavy atom. The lowest BCUT2D eigenvalue weighted by molar-refractivity contribution is -0.147. The Balaban J connectivity index is 1.79. The van der Waals surface area contributed by atoms with Gasteiger partial charge in [-0.05, 0) is 55.0 Å². The Kier molecular flexibility index (Phi) is 7.50. The fourth-order valence-electron chi connectivity index (χ4n) is 3.37. The number of rotatable bonds is 9. The first-order valence-corrected chi connectivity index (χ1v) is 10.9. The van der Waals surface area contributed by atoms with E-state index in [2.05, 4.69) is 16.9 Å². The van der Waals surface area contributed by atoms with Gasteiger partial charge in [-0.1, -0.05) is 63.1 Å². The van der Waals surface area contributed by atoms with Gasteiger partial charge >= 0.3 is 5.97 Å². The molecule has 162 valence electrons. The molecule has 0 saturated heterocycles. The van der Waals surface area contributed by atoms with Gasteiger partial charge in [-0.15, -0.1) is 0 Å². The minimum absolute atomic E-state index is 0.158. The van der Waals surface area contributed by atoms with Crippen molar-refractivity contribution in [2.24, 2.45) is 0 Å². The molecule has 0 radical (unpaired) electrons. The molecule has 1 atom stereocenters. The zero-order chi connectivity index (χ0) is 22.3. The summed E-state index contributed by atoms with van der Waals surface area (Å²) in [4.78, 5) is 21.3. The summed E-state index contributed by atoms with van der Waals surface area (Å²) >= 11 is 0.